The van der Waals surface area contributed by atoms with Crippen molar-refractivity contribution in [2.45, 2.75) is 18.1 Å². The van der Waals surface area contributed by atoms with E-state index >= 15 is 0 Å². The molecule has 52 valence electrons. The molecule has 1 saturated heterocycles. The lowest BCUT2D eigenvalue weighted by Gasteiger charge is -2.25. The molecule has 1 rings (SSSR count). The van der Waals surface area contributed by atoms with Crippen LogP contribution in [0.2, 0.25) is 0 Å². The molecule has 1 heterocycles. The number of amides is 1. The summed E-state index contributed by atoms with van der Waals surface area (Å²) in [6.07, 6.45) is 2.03. The van der Waals surface area contributed by atoms with Gasteiger partial charge in [-0.05, 0) is 12.8 Å². The van der Waals surface area contributed by atoms with Gasteiger partial charge in [-0.3, -0.25) is 4.79 Å². The van der Waals surface area contributed by atoms with Crippen LogP contribution in [-0.4, -0.2) is 29.6 Å². The molecule has 0 N–H and O–H groups in total. The van der Waals surface area contributed by atoms with Crippen molar-refractivity contribution < 1.29 is 4.79 Å². The Hall–Kier alpha value is -0.180. The van der Waals surface area contributed by atoms with Gasteiger partial charge in [0, 0.05) is 13.6 Å². The van der Waals surface area contributed by atoms with Crippen molar-refractivity contribution >= 4 is 18.5 Å². The monoisotopic (exact) mass is 145 g/mol. The fourth-order valence-corrected chi connectivity index (χ4v) is 1.39. The van der Waals surface area contributed by atoms with Gasteiger partial charge < -0.3 is 4.90 Å². The van der Waals surface area contributed by atoms with Crippen molar-refractivity contribution in [3.8, 4) is 0 Å². The number of rotatable bonds is 0. The zero-order chi connectivity index (χ0) is 6.85. The predicted molar refractivity (Wildman–Crippen MR) is 39.6 cm³/mol. The largest absolute Gasteiger partial charge is 0.345 e. The molecule has 0 saturated carbocycles. The molecule has 9 heavy (non-hydrogen) atoms. The number of piperidine rings is 1. The number of likely N-dealkylation sites (tertiary alicyclic amines) is 1. The second-order valence-electron chi connectivity index (χ2n) is 2.42. The molecule has 1 fully saturated rings. The van der Waals surface area contributed by atoms with Crippen molar-refractivity contribution in [3.63, 3.8) is 0 Å². The van der Waals surface area contributed by atoms with E-state index in [9.17, 15) is 4.79 Å². The Labute approximate surface area is 60.6 Å². The average Bonchev–Trinajstić information content (AvgIpc) is 1.83. The first-order valence-electron chi connectivity index (χ1n) is 3.15. The summed E-state index contributed by atoms with van der Waals surface area (Å²) in [5.74, 6) is 0.171. The minimum Gasteiger partial charge on any atom is -0.345 e. The maximum Gasteiger partial charge on any atom is 0.235 e. The highest BCUT2D eigenvalue weighted by atomic mass is 32.1. The Morgan fingerprint density at radius 1 is 1.78 bits per heavy atom. The molecule has 0 radical (unpaired) electrons. The zero-order valence-corrected chi connectivity index (χ0v) is 6.40. The summed E-state index contributed by atoms with van der Waals surface area (Å²) < 4.78 is 0. The second-order valence-corrected chi connectivity index (χ2v) is 3.04. The molecule has 0 aromatic carbocycles. The minimum atomic E-state index is -0.0382. The van der Waals surface area contributed by atoms with Gasteiger partial charge in [0.2, 0.25) is 5.91 Å². The number of nitrogens with zero attached hydrogens (tertiary/aromatic N) is 1. The quantitative estimate of drug-likeness (QED) is 0.493. The first-order chi connectivity index (χ1) is 4.22. The molecule has 2 nitrogen and oxygen atoms in total. The molecule has 1 aliphatic rings. The van der Waals surface area contributed by atoms with Crippen LogP contribution < -0.4 is 0 Å². The van der Waals surface area contributed by atoms with Gasteiger partial charge in [0.1, 0.15) is 0 Å². The second kappa shape index (κ2) is 2.60. The molecule has 0 bridgehead atoms. The SMILES string of the molecule is CN1CCCC(S)C1=O. The van der Waals surface area contributed by atoms with E-state index < -0.39 is 0 Å². The van der Waals surface area contributed by atoms with Gasteiger partial charge >= 0.3 is 0 Å². The molecule has 1 amide bonds. The Balaban J connectivity index is 2.52. The molecule has 1 atom stereocenters. The fourth-order valence-electron chi connectivity index (χ4n) is 1.01. The van der Waals surface area contributed by atoms with Crippen molar-refractivity contribution in [1.29, 1.82) is 0 Å². The van der Waals surface area contributed by atoms with E-state index in [1.165, 1.54) is 0 Å². The summed E-state index contributed by atoms with van der Waals surface area (Å²) in [6, 6.07) is 0. The topological polar surface area (TPSA) is 20.3 Å². The van der Waals surface area contributed by atoms with Gasteiger partial charge in [0.25, 0.3) is 0 Å². The van der Waals surface area contributed by atoms with Gasteiger partial charge in [-0.2, -0.15) is 12.6 Å². The highest BCUT2D eigenvalue weighted by Gasteiger charge is 2.22. The average molecular weight is 145 g/mol. The maximum atomic E-state index is 11.0. The van der Waals surface area contributed by atoms with E-state index in [1.54, 1.807) is 4.90 Å². The van der Waals surface area contributed by atoms with E-state index in [4.69, 9.17) is 0 Å². The molecule has 1 aliphatic heterocycles. The van der Waals surface area contributed by atoms with Crippen molar-refractivity contribution in [3.05, 3.63) is 0 Å². The summed E-state index contributed by atoms with van der Waals surface area (Å²) in [7, 11) is 1.82. The Morgan fingerprint density at radius 2 is 2.44 bits per heavy atom. The third-order valence-electron chi connectivity index (χ3n) is 1.63. The maximum absolute atomic E-state index is 11.0. The summed E-state index contributed by atoms with van der Waals surface area (Å²) in [5.41, 5.74) is 0. The van der Waals surface area contributed by atoms with Crippen LogP contribution in [0.1, 0.15) is 12.8 Å². The molecular weight excluding hydrogens is 134 g/mol. The van der Waals surface area contributed by atoms with Gasteiger partial charge in [-0.15, -0.1) is 0 Å². The standard InChI is InChI=1S/C6H11NOS/c1-7-4-2-3-5(9)6(7)8/h5,9H,2-4H2,1H3. The van der Waals surface area contributed by atoms with Gasteiger partial charge in [0.05, 0.1) is 5.25 Å². The summed E-state index contributed by atoms with van der Waals surface area (Å²) in [4.78, 5) is 12.7. The predicted octanol–water partition coefficient (Wildman–Crippen LogP) is 0.537. The van der Waals surface area contributed by atoms with Crippen LogP contribution in [0, 0.1) is 0 Å². The Kier molecular flexibility index (Phi) is 2.01. The summed E-state index contributed by atoms with van der Waals surface area (Å²) in [6.45, 7) is 0.899. The third-order valence-corrected chi connectivity index (χ3v) is 2.11. The van der Waals surface area contributed by atoms with E-state index in [0.717, 1.165) is 19.4 Å². The fraction of sp³-hybridized carbons (Fsp3) is 0.833. The van der Waals surface area contributed by atoms with Crippen LogP contribution in [0.5, 0.6) is 0 Å². The van der Waals surface area contributed by atoms with Crippen LogP contribution in [0.15, 0.2) is 0 Å². The van der Waals surface area contributed by atoms with E-state index in [2.05, 4.69) is 12.6 Å². The van der Waals surface area contributed by atoms with Crippen molar-refractivity contribution in [2.24, 2.45) is 0 Å². The Bertz CT molecular complexity index is 114. The molecule has 0 aromatic rings. The highest BCUT2D eigenvalue weighted by molar-refractivity contribution is 7.81. The molecule has 0 spiro atoms. The smallest absolute Gasteiger partial charge is 0.235 e. The van der Waals surface area contributed by atoms with Crippen molar-refractivity contribution in [2.75, 3.05) is 13.6 Å². The molecule has 3 heteroatoms. The zero-order valence-electron chi connectivity index (χ0n) is 5.50. The van der Waals surface area contributed by atoms with Gasteiger partial charge in [-0.25, -0.2) is 0 Å². The van der Waals surface area contributed by atoms with E-state index in [1.807, 2.05) is 7.05 Å². The molecular formula is C6H11NOS. The number of hydrogen-bond acceptors (Lipinski definition) is 2. The van der Waals surface area contributed by atoms with Gasteiger partial charge in [0.15, 0.2) is 0 Å². The molecule has 0 aromatic heterocycles. The highest BCUT2D eigenvalue weighted by Crippen LogP contribution is 2.13. The normalized spacial score (nSPS) is 28.9. The van der Waals surface area contributed by atoms with E-state index in [0.29, 0.717) is 0 Å². The lowest BCUT2D eigenvalue weighted by molar-refractivity contribution is -0.131. The first kappa shape index (κ1) is 6.93. The van der Waals surface area contributed by atoms with E-state index in [-0.39, 0.29) is 11.2 Å². The molecule has 1 unspecified atom stereocenters. The van der Waals surface area contributed by atoms with Gasteiger partial charge in [-0.1, -0.05) is 0 Å². The van der Waals surface area contributed by atoms with Crippen LogP contribution in [0.3, 0.4) is 0 Å². The minimum absolute atomic E-state index is 0.0382. The van der Waals surface area contributed by atoms with Crippen molar-refractivity contribution in [1.82, 2.24) is 4.90 Å². The summed E-state index contributed by atoms with van der Waals surface area (Å²) in [5, 5.41) is -0.0382. The lowest BCUT2D eigenvalue weighted by atomic mass is 10.1. The Morgan fingerprint density at radius 3 is 2.89 bits per heavy atom. The van der Waals surface area contributed by atoms with Crippen LogP contribution in [-0.2, 0) is 4.79 Å². The molecule has 0 aliphatic carbocycles. The van der Waals surface area contributed by atoms with Crippen LogP contribution >= 0.6 is 12.6 Å². The number of thiol groups is 1. The number of carbonyl (C=O) groups is 1. The first-order valence-corrected chi connectivity index (χ1v) is 3.66. The number of carbonyl (C=O) groups excluding carboxylic acids is 1. The van der Waals surface area contributed by atoms with Crippen LogP contribution in [0.4, 0.5) is 0 Å². The third kappa shape index (κ3) is 1.39. The lowest BCUT2D eigenvalue weighted by Crippen LogP contribution is -2.38. The summed E-state index contributed by atoms with van der Waals surface area (Å²) >= 11 is 4.12. The number of hydrogen-bond donors (Lipinski definition) is 1. The van der Waals surface area contributed by atoms with Crippen LogP contribution in [0.25, 0.3) is 0 Å².